The molecule has 10 nitrogen and oxygen atoms in total. The van der Waals surface area contributed by atoms with E-state index in [1.165, 1.54) is 30.5 Å². The molecule has 3 heterocycles. The molecule has 5 unspecified atom stereocenters. The van der Waals surface area contributed by atoms with Crippen LogP contribution in [0.1, 0.15) is 6.23 Å². The molecule has 3 rings (SSSR count). The molecule has 0 aromatic carbocycles. The molecule has 0 aliphatic carbocycles. The van der Waals surface area contributed by atoms with Crippen molar-refractivity contribution in [1.29, 1.82) is 0 Å². The Bertz CT molecular complexity index is 733. The first-order valence-electron chi connectivity index (χ1n) is 6.84. The van der Waals surface area contributed by atoms with Gasteiger partial charge in [0.25, 0.3) is 0 Å². The predicted octanol–water partition coefficient (Wildman–Crippen LogP) is -0.0686. The Balaban J connectivity index is 1.93. The average molecular weight is 344 g/mol. The summed E-state index contributed by atoms with van der Waals surface area (Å²) >= 11 is 0. The fourth-order valence-electron chi connectivity index (χ4n) is 2.57. The zero-order chi connectivity index (χ0) is 16.6. The highest BCUT2D eigenvalue weighted by molar-refractivity contribution is 7.51. The summed E-state index contributed by atoms with van der Waals surface area (Å²) in [6.45, 7) is 1.15. The number of imidazole rings is 1. The van der Waals surface area contributed by atoms with Crippen molar-refractivity contribution in [2.75, 3.05) is 20.4 Å². The number of hydrogen-bond donors (Lipinski definition) is 2. The Morgan fingerprint density at radius 2 is 2.26 bits per heavy atom. The summed E-state index contributed by atoms with van der Waals surface area (Å²) in [5.41, 5.74) is 1.02. The monoisotopic (exact) mass is 344 g/mol. The number of hydrogen-bond acceptors (Lipinski definition) is 8. The second-order valence-corrected chi connectivity index (χ2v) is 7.08. The molecule has 11 heteroatoms. The minimum atomic E-state index is -3.81. The maximum atomic E-state index is 11.6. The van der Waals surface area contributed by atoms with Gasteiger partial charge in [0.05, 0.1) is 19.1 Å². The van der Waals surface area contributed by atoms with Gasteiger partial charge in [-0.1, -0.05) is 0 Å². The molecule has 2 aromatic rings. The van der Waals surface area contributed by atoms with Gasteiger partial charge in [0.2, 0.25) is 0 Å². The fourth-order valence-corrected chi connectivity index (χ4v) is 3.29. The fraction of sp³-hybridized carbons (Fsp3) is 0.583. The molecule has 126 valence electrons. The number of aliphatic hydroxyl groups excluding tert-OH is 1. The number of rotatable bonds is 5. The molecule has 1 aliphatic heterocycles. The zero-order valence-corrected chi connectivity index (χ0v) is 13.4. The normalized spacial score (nSPS) is 30.6. The second kappa shape index (κ2) is 6.23. The maximum absolute atomic E-state index is 11.6. The van der Waals surface area contributed by atoms with E-state index in [0.717, 1.165) is 6.66 Å². The molecule has 0 spiro atoms. The summed E-state index contributed by atoms with van der Waals surface area (Å²) in [5.74, 6) is 0. The third kappa shape index (κ3) is 3.27. The summed E-state index contributed by atoms with van der Waals surface area (Å²) < 4.78 is 29.0. The molecule has 1 fully saturated rings. The highest BCUT2D eigenvalue weighted by Crippen LogP contribution is 2.44. The molecule has 5 atom stereocenters. The van der Waals surface area contributed by atoms with Crippen molar-refractivity contribution in [3.05, 3.63) is 18.9 Å². The van der Waals surface area contributed by atoms with E-state index < -0.39 is 32.1 Å². The Labute approximate surface area is 131 Å². The summed E-state index contributed by atoms with van der Waals surface area (Å²) in [6.07, 6.45) is 0.573. The minimum Gasteiger partial charge on any atom is -0.386 e. The first kappa shape index (κ1) is 16.4. The Morgan fingerprint density at radius 1 is 1.48 bits per heavy atom. The van der Waals surface area contributed by atoms with Gasteiger partial charge in [0.15, 0.2) is 11.9 Å². The molecular formula is C12H17N4O6P. The van der Waals surface area contributed by atoms with Crippen LogP contribution in [0.5, 0.6) is 0 Å². The van der Waals surface area contributed by atoms with Gasteiger partial charge in [0.1, 0.15) is 30.2 Å². The van der Waals surface area contributed by atoms with E-state index in [1.54, 1.807) is 0 Å². The van der Waals surface area contributed by atoms with Crippen LogP contribution < -0.4 is 0 Å². The quantitative estimate of drug-likeness (QED) is 0.716. The van der Waals surface area contributed by atoms with Gasteiger partial charge in [-0.3, -0.25) is 13.7 Å². The molecule has 0 saturated carbocycles. The summed E-state index contributed by atoms with van der Waals surface area (Å²) in [4.78, 5) is 21.6. The molecule has 0 amide bonds. The molecular weight excluding hydrogens is 327 g/mol. The molecule has 1 saturated heterocycles. The number of nitrogens with zero attached hydrogens (tertiary/aromatic N) is 4. The predicted molar refractivity (Wildman–Crippen MR) is 77.7 cm³/mol. The minimum absolute atomic E-state index is 0.0971. The van der Waals surface area contributed by atoms with E-state index in [4.69, 9.17) is 14.0 Å². The van der Waals surface area contributed by atoms with Crippen LogP contribution in [0, 0.1) is 0 Å². The van der Waals surface area contributed by atoms with Gasteiger partial charge in [-0.2, -0.15) is 0 Å². The van der Waals surface area contributed by atoms with E-state index in [-0.39, 0.29) is 6.61 Å². The van der Waals surface area contributed by atoms with Crippen molar-refractivity contribution < 1.29 is 28.6 Å². The van der Waals surface area contributed by atoms with Crippen LogP contribution in [-0.2, 0) is 18.6 Å². The van der Waals surface area contributed by atoms with Crippen molar-refractivity contribution in [3.8, 4) is 0 Å². The molecule has 0 radical (unpaired) electrons. The maximum Gasteiger partial charge on any atom is 0.325 e. The van der Waals surface area contributed by atoms with Gasteiger partial charge in [-0.15, -0.1) is 0 Å². The van der Waals surface area contributed by atoms with Crippen molar-refractivity contribution >= 4 is 18.8 Å². The molecule has 2 aromatic heterocycles. The van der Waals surface area contributed by atoms with Crippen LogP contribution in [0.25, 0.3) is 11.2 Å². The number of ether oxygens (including phenoxy) is 2. The van der Waals surface area contributed by atoms with Crippen LogP contribution in [0.3, 0.4) is 0 Å². The standard InChI is InChI=1S/C12H17N4O6P/c1-20-4-8-10(22-23(2,18)19)9(17)12(21-8)16-6-15-7-3-13-5-14-11(7)16/h3,5-6,8-10,12,17H,4H2,1-2H3,(H,18,19). The largest absolute Gasteiger partial charge is 0.386 e. The summed E-state index contributed by atoms with van der Waals surface area (Å²) in [5, 5.41) is 10.5. The van der Waals surface area contributed by atoms with E-state index in [9.17, 15) is 14.6 Å². The van der Waals surface area contributed by atoms with Crippen molar-refractivity contribution in [1.82, 2.24) is 19.5 Å². The van der Waals surface area contributed by atoms with E-state index >= 15 is 0 Å². The Kier molecular flexibility index (Phi) is 4.45. The number of aromatic nitrogens is 4. The van der Waals surface area contributed by atoms with Gasteiger partial charge in [-0.25, -0.2) is 15.0 Å². The van der Waals surface area contributed by atoms with Crippen LogP contribution >= 0.6 is 7.60 Å². The first-order chi connectivity index (χ1) is 10.9. The molecule has 0 bridgehead atoms. The highest BCUT2D eigenvalue weighted by Gasteiger charge is 2.48. The number of aliphatic hydroxyl groups is 1. The second-order valence-electron chi connectivity index (χ2n) is 5.27. The lowest BCUT2D eigenvalue weighted by atomic mass is 10.1. The van der Waals surface area contributed by atoms with Gasteiger partial charge in [-0.05, 0) is 0 Å². The SMILES string of the molecule is COCC1OC(n2cnc3cncnc32)C(O)C1OP(C)(=O)O. The summed E-state index contributed by atoms with van der Waals surface area (Å²) in [6, 6.07) is 0. The van der Waals surface area contributed by atoms with Gasteiger partial charge < -0.3 is 19.5 Å². The van der Waals surface area contributed by atoms with Crippen molar-refractivity contribution in [2.45, 2.75) is 24.5 Å². The van der Waals surface area contributed by atoms with Crippen LogP contribution in [0.2, 0.25) is 0 Å². The topological polar surface area (TPSA) is 129 Å². The van der Waals surface area contributed by atoms with Crippen LogP contribution in [0.15, 0.2) is 18.9 Å². The molecule has 1 aliphatic rings. The molecule has 2 N–H and O–H groups in total. The summed E-state index contributed by atoms with van der Waals surface area (Å²) in [7, 11) is -2.35. The van der Waals surface area contributed by atoms with Gasteiger partial charge in [0, 0.05) is 13.8 Å². The van der Waals surface area contributed by atoms with E-state index in [2.05, 4.69) is 15.0 Å². The number of fused-ring (bicyclic) bond motifs is 1. The van der Waals surface area contributed by atoms with E-state index in [0.29, 0.717) is 11.2 Å². The third-order valence-electron chi connectivity index (χ3n) is 3.47. The lowest BCUT2D eigenvalue weighted by Gasteiger charge is -2.21. The van der Waals surface area contributed by atoms with Crippen molar-refractivity contribution in [3.63, 3.8) is 0 Å². The Morgan fingerprint density at radius 3 is 2.96 bits per heavy atom. The first-order valence-corrected chi connectivity index (χ1v) is 8.87. The van der Waals surface area contributed by atoms with Crippen LogP contribution in [0.4, 0.5) is 0 Å². The third-order valence-corrected chi connectivity index (χ3v) is 4.10. The lowest BCUT2D eigenvalue weighted by molar-refractivity contribution is -0.0571. The zero-order valence-electron chi connectivity index (χ0n) is 12.5. The van der Waals surface area contributed by atoms with Crippen LogP contribution in [-0.4, -0.2) is 68.2 Å². The van der Waals surface area contributed by atoms with Crippen molar-refractivity contribution in [2.24, 2.45) is 0 Å². The highest BCUT2D eigenvalue weighted by atomic mass is 31.2. The van der Waals surface area contributed by atoms with E-state index in [1.807, 2.05) is 0 Å². The Hall–Kier alpha value is -1.42. The smallest absolute Gasteiger partial charge is 0.325 e. The van der Waals surface area contributed by atoms with Gasteiger partial charge >= 0.3 is 7.60 Å². The molecule has 23 heavy (non-hydrogen) atoms. The lowest BCUT2D eigenvalue weighted by Crippen LogP contribution is -2.35. The number of methoxy groups -OCH3 is 1. The average Bonchev–Trinajstić information content (AvgIpc) is 3.02.